The number of rotatable bonds is 6. The Morgan fingerprint density at radius 1 is 0.875 bits per heavy atom. The molecule has 0 spiro atoms. The number of ether oxygens (including phenoxy) is 1. The summed E-state index contributed by atoms with van der Waals surface area (Å²) in [6.45, 7) is 5.13. The van der Waals surface area contributed by atoms with Crippen LogP contribution < -0.4 is 9.64 Å². The molecule has 3 heterocycles. The van der Waals surface area contributed by atoms with Gasteiger partial charge in [0.05, 0.1) is 5.02 Å². The van der Waals surface area contributed by atoms with Gasteiger partial charge >= 0.3 is 0 Å². The lowest BCUT2D eigenvalue weighted by Crippen LogP contribution is -2.39. The van der Waals surface area contributed by atoms with Gasteiger partial charge in [-0.25, -0.2) is 0 Å². The summed E-state index contributed by atoms with van der Waals surface area (Å²) in [5, 5.41) is 1.22. The van der Waals surface area contributed by atoms with Gasteiger partial charge in [0.25, 0.3) is 5.91 Å². The summed E-state index contributed by atoms with van der Waals surface area (Å²) in [6.07, 6.45) is 4.56. The quantitative estimate of drug-likeness (QED) is 0.471. The van der Waals surface area contributed by atoms with Crippen molar-refractivity contribution >= 4 is 34.8 Å². The molecule has 2 aliphatic rings. The molecule has 2 aromatic carbocycles. The number of carbonyl (C=O) groups excluding carboxylic acids is 1. The van der Waals surface area contributed by atoms with Crippen molar-refractivity contribution in [3.8, 4) is 16.9 Å². The molecule has 0 atom stereocenters. The number of hydrogen-bond donors (Lipinski definition) is 0. The van der Waals surface area contributed by atoms with E-state index in [0.29, 0.717) is 34.6 Å². The summed E-state index contributed by atoms with van der Waals surface area (Å²) in [5.74, 6) is 0.628. The minimum Gasteiger partial charge on any atom is -0.491 e. The van der Waals surface area contributed by atoms with Crippen molar-refractivity contribution in [1.29, 1.82) is 0 Å². The molecule has 0 saturated carbocycles. The molecule has 5 nitrogen and oxygen atoms in total. The molecule has 2 aliphatic heterocycles. The first-order valence-electron chi connectivity index (χ1n) is 11.0. The van der Waals surface area contributed by atoms with Gasteiger partial charge in [0.15, 0.2) is 0 Å². The van der Waals surface area contributed by atoms with Gasteiger partial charge in [-0.1, -0.05) is 35.3 Å². The average Bonchev–Trinajstić information content (AvgIpc) is 3.46. The Balaban J connectivity index is 1.29. The van der Waals surface area contributed by atoms with E-state index in [2.05, 4.69) is 4.90 Å². The van der Waals surface area contributed by atoms with E-state index in [9.17, 15) is 4.79 Å². The van der Waals surface area contributed by atoms with Crippen LogP contribution in [0.25, 0.3) is 11.1 Å². The van der Waals surface area contributed by atoms with E-state index in [1.54, 1.807) is 4.90 Å². The van der Waals surface area contributed by atoms with E-state index < -0.39 is 0 Å². The van der Waals surface area contributed by atoms with Crippen LogP contribution in [0.1, 0.15) is 23.3 Å². The smallest absolute Gasteiger partial charge is 0.274 e. The van der Waals surface area contributed by atoms with Crippen molar-refractivity contribution in [2.75, 3.05) is 37.7 Å². The molecule has 0 unspecified atom stereocenters. The van der Waals surface area contributed by atoms with E-state index in [1.165, 1.54) is 12.8 Å². The third kappa shape index (κ3) is 4.38. The summed E-state index contributed by atoms with van der Waals surface area (Å²) in [6, 6.07) is 15.2. The van der Waals surface area contributed by atoms with Crippen LogP contribution in [0.15, 0.2) is 54.7 Å². The van der Waals surface area contributed by atoms with Crippen LogP contribution in [0.4, 0.5) is 5.69 Å². The zero-order valence-electron chi connectivity index (χ0n) is 17.8. The first-order chi connectivity index (χ1) is 15.6. The fourth-order valence-corrected chi connectivity index (χ4v) is 4.79. The van der Waals surface area contributed by atoms with Gasteiger partial charge in [0.2, 0.25) is 0 Å². The Bertz CT molecular complexity index is 1120. The highest BCUT2D eigenvalue weighted by molar-refractivity contribution is 6.32. The van der Waals surface area contributed by atoms with E-state index >= 15 is 0 Å². The Labute approximate surface area is 198 Å². The number of amides is 1. The van der Waals surface area contributed by atoms with Crippen molar-refractivity contribution < 1.29 is 9.53 Å². The largest absolute Gasteiger partial charge is 0.491 e. The molecule has 1 aromatic heterocycles. The molecule has 3 aromatic rings. The summed E-state index contributed by atoms with van der Waals surface area (Å²) in [4.78, 5) is 17.4. The maximum atomic E-state index is 13.2. The van der Waals surface area contributed by atoms with Gasteiger partial charge in [-0.2, -0.15) is 0 Å². The first kappa shape index (κ1) is 21.4. The second kappa shape index (κ2) is 9.18. The number of anilines is 1. The van der Waals surface area contributed by atoms with Gasteiger partial charge in [-0.15, -0.1) is 0 Å². The standard InChI is InChI=1S/C25H25Cl2N3O2/c26-20-5-3-18(4-6-20)19-15-23-25(31)30(12-11-29(23)17-19)21-7-8-24(22(27)16-21)32-14-13-28-9-1-2-10-28/h3-8,15-17H,1-2,9-14H2. The number of nitrogens with zero attached hydrogens (tertiary/aromatic N) is 3. The monoisotopic (exact) mass is 469 g/mol. The first-order valence-corrected chi connectivity index (χ1v) is 11.8. The topological polar surface area (TPSA) is 37.7 Å². The maximum Gasteiger partial charge on any atom is 0.274 e. The summed E-state index contributed by atoms with van der Waals surface area (Å²) >= 11 is 12.5. The van der Waals surface area contributed by atoms with Crippen LogP contribution in [0, 0.1) is 0 Å². The lowest BCUT2D eigenvalue weighted by atomic mass is 10.1. The van der Waals surface area contributed by atoms with E-state index in [1.807, 2.05) is 59.3 Å². The third-order valence-corrected chi connectivity index (χ3v) is 6.74. The van der Waals surface area contributed by atoms with Gasteiger partial charge < -0.3 is 14.2 Å². The Kier molecular flexibility index (Phi) is 6.13. The highest BCUT2D eigenvalue weighted by Gasteiger charge is 2.27. The zero-order valence-corrected chi connectivity index (χ0v) is 19.3. The second-order valence-electron chi connectivity index (χ2n) is 8.28. The Morgan fingerprint density at radius 3 is 2.41 bits per heavy atom. The molecule has 5 rings (SSSR count). The van der Waals surface area contributed by atoms with E-state index in [4.69, 9.17) is 27.9 Å². The summed E-state index contributed by atoms with van der Waals surface area (Å²) in [5.41, 5.74) is 3.50. The maximum absolute atomic E-state index is 13.2. The minimum absolute atomic E-state index is 0.0322. The normalized spacial score (nSPS) is 16.4. The highest BCUT2D eigenvalue weighted by atomic mass is 35.5. The van der Waals surface area contributed by atoms with Crippen molar-refractivity contribution in [2.45, 2.75) is 19.4 Å². The van der Waals surface area contributed by atoms with Crippen LogP contribution in [0.3, 0.4) is 0 Å². The molecule has 1 fully saturated rings. The number of likely N-dealkylation sites (tertiary alicyclic amines) is 1. The minimum atomic E-state index is -0.0322. The van der Waals surface area contributed by atoms with Crippen LogP contribution in [0.5, 0.6) is 5.75 Å². The molecular weight excluding hydrogens is 445 g/mol. The fourth-order valence-electron chi connectivity index (χ4n) is 4.43. The predicted octanol–water partition coefficient (Wildman–Crippen LogP) is 5.60. The Hall–Kier alpha value is -2.47. The molecule has 1 amide bonds. The van der Waals surface area contributed by atoms with Crippen molar-refractivity contribution in [3.63, 3.8) is 0 Å². The summed E-state index contributed by atoms with van der Waals surface area (Å²) in [7, 11) is 0. The second-order valence-corrected chi connectivity index (χ2v) is 9.13. The summed E-state index contributed by atoms with van der Waals surface area (Å²) < 4.78 is 7.91. The number of carbonyl (C=O) groups is 1. The molecular formula is C25H25Cl2N3O2. The highest BCUT2D eigenvalue weighted by Crippen LogP contribution is 2.32. The molecule has 7 heteroatoms. The number of fused-ring (bicyclic) bond motifs is 1. The van der Waals surface area contributed by atoms with Crippen LogP contribution in [-0.2, 0) is 6.54 Å². The molecule has 1 saturated heterocycles. The molecule has 32 heavy (non-hydrogen) atoms. The van der Waals surface area contributed by atoms with Crippen molar-refractivity contribution in [1.82, 2.24) is 9.47 Å². The number of halogens is 2. The van der Waals surface area contributed by atoms with Crippen LogP contribution in [-0.4, -0.2) is 48.2 Å². The van der Waals surface area contributed by atoms with Crippen molar-refractivity contribution in [2.24, 2.45) is 0 Å². The van der Waals surface area contributed by atoms with E-state index in [0.717, 1.165) is 43.0 Å². The van der Waals surface area contributed by atoms with Crippen LogP contribution >= 0.6 is 23.2 Å². The molecule has 0 N–H and O–H groups in total. The Morgan fingerprint density at radius 2 is 1.66 bits per heavy atom. The molecule has 0 bridgehead atoms. The van der Waals surface area contributed by atoms with Crippen LogP contribution in [0.2, 0.25) is 10.0 Å². The molecule has 0 radical (unpaired) electrons. The number of hydrogen-bond acceptors (Lipinski definition) is 3. The lowest BCUT2D eigenvalue weighted by Gasteiger charge is -2.28. The van der Waals surface area contributed by atoms with Gasteiger partial charge in [0.1, 0.15) is 18.1 Å². The average molecular weight is 470 g/mol. The lowest BCUT2D eigenvalue weighted by molar-refractivity contribution is 0.0965. The number of aromatic nitrogens is 1. The van der Waals surface area contributed by atoms with Crippen molar-refractivity contribution in [3.05, 3.63) is 70.5 Å². The van der Waals surface area contributed by atoms with Gasteiger partial charge in [0, 0.05) is 42.1 Å². The number of benzene rings is 2. The predicted molar refractivity (Wildman–Crippen MR) is 129 cm³/mol. The zero-order chi connectivity index (χ0) is 22.1. The van der Waals surface area contributed by atoms with Gasteiger partial charge in [-0.05, 0) is 67.9 Å². The molecule has 166 valence electrons. The van der Waals surface area contributed by atoms with Gasteiger partial charge in [-0.3, -0.25) is 9.69 Å². The molecule has 0 aliphatic carbocycles. The fraction of sp³-hybridized carbons (Fsp3) is 0.320. The third-order valence-electron chi connectivity index (χ3n) is 6.19. The van der Waals surface area contributed by atoms with E-state index in [-0.39, 0.29) is 5.91 Å². The SMILES string of the molecule is O=C1c2cc(-c3ccc(Cl)cc3)cn2CCN1c1ccc(OCCN2CCCC2)c(Cl)c1.